The van der Waals surface area contributed by atoms with Gasteiger partial charge in [-0.25, -0.2) is 4.98 Å². The lowest BCUT2D eigenvalue weighted by molar-refractivity contribution is -0.119. The lowest BCUT2D eigenvalue weighted by atomic mass is 10.0. The lowest BCUT2D eigenvalue weighted by Gasteiger charge is -2.08. The zero-order valence-corrected chi connectivity index (χ0v) is 9.47. The molecule has 0 aliphatic heterocycles. The van der Waals surface area contributed by atoms with Crippen molar-refractivity contribution in [3.8, 4) is 0 Å². The summed E-state index contributed by atoms with van der Waals surface area (Å²) in [6.45, 7) is 3.75. The fourth-order valence-corrected chi connectivity index (χ4v) is 1.65. The van der Waals surface area contributed by atoms with Gasteiger partial charge in [-0.1, -0.05) is 19.1 Å². The van der Waals surface area contributed by atoms with Crippen molar-refractivity contribution in [3.05, 3.63) is 36.2 Å². The highest BCUT2D eigenvalue weighted by atomic mass is 16.1. The van der Waals surface area contributed by atoms with Gasteiger partial charge in [-0.05, 0) is 19.1 Å². The van der Waals surface area contributed by atoms with Crippen LogP contribution in [0.25, 0.3) is 11.0 Å². The molecule has 0 amide bonds. The first-order valence-corrected chi connectivity index (χ1v) is 5.46. The summed E-state index contributed by atoms with van der Waals surface area (Å²) in [4.78, 5) is 20.3. The summed E-state index contributed by atoms with van der Waals surface area (Å²) in [5.41, 5.74) is 2.46. The summed E-state index contributed by atoms with van der Waals surface area (Å²) < 4.78 is 0. The van der Waals surface area contributed by atoms with E-state index in [-0.39, 0.29) is 11.7 Å². The maximum absolute atomic E-state index is 11.6. The molecule has 0 N–H and O–H groups in total. The van der Waals surface area contributed by atoms with Crippen LogP contribution in [0.15, 0.2) is 30.5 Å². The van der Waals surface area contributed by atoms with Crippen molar-refractivity contribution in [3.63, 3.8) is 0 Å². The van der Waals surface area contributed by atoms with E-state index in [0.29, 0.717) is 6.42 Å². The molecule has 1 aromatic carbocycles. The fraction of sp³-hybridized carbons (Fsp3) is 0.308. The molecule has 82 valence electrons. The van der Waals surface area contributed by atoms with Crippen LogP contribution in [0, 0.1) is 0 Å². The number of aromatic nitrogens is 2. The first-order chi connectivity index (χ1) is 7.72. The van der Waals surface area contributed by atoms with Crippen LogP contribution in [0.2, 0.25) is 0 Å². The zero-order chi connectivity index (χ0) is 11.5. The van der Waals surface area contributed by atoms with Crippen molar-refractivity contribution in [1.29, 1.82) is 0 Å². The van der Waals surface area contributed by atoms with Crippen LogP contribution in [0.1, 0.15) is 31.9 Å². The summed E-state index contributed by atoms with van der Waals surface area (Å²) in [5, 5.41) is 0. The SMILES string of the molecule is CCC(=O)C(C)c1cnc2ccccc2n1. The van der Waals surface area contributed by atoms with E-state index in [0.717, 1.165) is 16.7 Å². The van der Waals surface area contributed by atoms with Gasteiger partial charge in [0.1, 0.15) is 5.78 Å². The Bertz CT molecular complexity index is 522. The van der Waals surface area contributed by atoms with Gasteiger partial charge in [0.2, 0.25) is 0 Å². The molecule has 0 bridgehead atoms. The Balaban J connectivity index is 2.43. The zero-order valence-electron chi connectivity index (χ0n) is 9.47. The number of nitrogens with zero attached hydrogens (tertiary/aromatic N) is 2. The molecule has 0 aliphatic carbocycles. The second kappa shape index (κ2) is 4.39. The highest BCUT2D eigenvalue weighted by molar-refractivity contribution is 5.85. The number of para-hydroxylation sites is 2. The molecule has 1 heterocycles. The van der Waals surface area contributed by atoms with Crippen LogP contribution in [-0.4, -0.2) is 15.8 Å². The number of hydrogen-bond acceptors (Lipinski definition) is 3. The molecule has 0 radical (unpaired) electrons. The van der Waals surface area contributed by atoms with Crippen molar-refractivity contribution in [2.24, 2.45) is 0 Å². The molecule has 0 saturated heterocycles. The Morgan fingerprint density at radius 2 is 2.00 bits per heavy atom. The van der Waals surface area contributed by atoms with Crippen LogP contribution in [0.5, 0.6) is 0 Å². The standard InChI is InChI=1S/C13H14N2O/c1-3-13(16)9(2)12-8-14-10-6-4-5-7-11(10)15-12/h4-9H,3H2,1-2H3. The van der Waals surface area contributed by atoms with E-state index in [1.54, 1.807) is 6.20 Å². The molecule has 3 heteroatoms. The second-order valence-corrected chi connectivity index (χ2v) is 3.83. The second-order valence-electron chi connectivity index (χ2n) is 3.83. The van der Waals surface area contributed by atoms with Crippen molar-refractivity contribution in [2.45, 2.75) is 26.2 Å². The molecule has 1 aromatic heterocycles. The summed E-state index contributed by atoms with van der Waals surface area (Å²) in [6, 6.07) is 7.68. The Hall–Kier alpha value is -1.77. The number of carbonyl (C=O) groups is 1. The van der Waals surface area contributed by atoms with E-state index < -0.39 is 0 Å². The molecule has 0 saturated carbocycles. The first kappa shape index (κ1) is 10.7. The van der Waals surface area contributed by atoms with Crippen LogP contribution in [-0.2, 0) is 4.79 Å². The third kappa shape index (κ3) is 1.94. The molecule has 0 spiro atoms. The molecule has 2 aromatic rings. The molecule has 1 unspecified atom stereocenters. The van der Waals surface area contributed by atoms with Crippen LogP contribution >= 0.6 is 0 Å². The number of benzene rings is 1. The van der Waals surface area contributed by atoms with E-state index in [4.69, 9.17) is 0 Å². The maximum Gasteiger partial charge on any atom is 0.141 e. The predicted molar refractivity (Wildman–Crippen MR) is 63.3 cm³/mol. The van der Waals surface area contributed by atoms with Crippen molar-refractivity contribution in [1.82, 2.24) is 9.97 Å². The van der Waals surface area contributed by atoms with E-state index in [1.807, 2.05) is 38.1 Å². The summed E-state index contributed by atoms with van der Waals surface area (Å²) in [6.07, 6.45) is 2.23. The molecule has 0 fully saturated rings. The summed E-state index contributed by atoms with van der Waals surface area (Å²) in [7, 11) is 0. The smallest absolute Gasteiger partial charge is 0.141 e. The number of carbonyl (C=O) groups excluding carboxylic acids is 1. The molecule has 16 heavy (non-hydrogen) atoms. The Morgan fingerprint density at radius 3 is 2.69 bits per heavy atom. The third-order valence-corrected chi connectivity index (χ3v) is 2.74. The normalized spacial score (nSPS) is 12.6. The van der Waals surface area contributed by atoms with Crippen molar-refractivity contribution >= 4 is 16.8 Å². The van der Waals surface area contributed by atoms with Gasteiger partial charge in [0, 0.05) is 12.6 Å². The monoisotopic (exact) mass is 214 g/mol. The molecular formula is C13H14N2O. The van der Waals surface area contributed by atoms with E-state index in [1.165, 1.54) is 0 Å². The number of rotatable bonds is 3. The molecule has 1 atom stereocenters. The predicted octanol–water partition coefficient (Wildman–Crippen LogP) is 2.71. The maximum atomic E-state index is 11.6. The van der Waals surface area contributed by atoms with Gasteiger partial charge >= 0.3 is 0 Å². The van der Waals surface area contributed by atoms with Crippen molar-refractivity contribution < 1.29 is 4.79 Å². The number of fused-ring (bicyclic) bond motifs is 1. The first-order valence-electron chi connectivity index (χ1n) is 5.46. The molecule has 0 aliphatic rings. The Kier molecular flexibility index (Phi) is 2.95. The average molecular weight is 214 g/mol. The van der Waals surface area contributed by atoms with E-state index in [9.17, 15) is 4.79 Å². The van der Waals surface area contributed by atoms with Crippen LogP contribution < -0.4 is 0 Å². The molecular weight excluding hydrogens is 200 g/mol. The summed E-state index contributed by atoms with van der Waals surface area (Å²) in [5.74, 6) is 0.0340. The summed E-state index contributed by atoms with van der Waals surface area (Å²) >= 11 is 0. The highest BCUT2D eigenvalue weighted by Gasteiger charge is 2.15. The Labute approximate surface area is 94.5 Å². The molecule has 3 nitrogen and oxygen atoms in total. The van der Waals surface area contributed by atoms with Gasteiger partial charge in [0.15, 0.2) is 0 Å². The van der Waals surface area contributed by atoms with Crippen LogP contribution in [0.3, 0.4) is 0 Å². The third-order valence-electron chi connectivity index (χ3n) is 2.74. The van der Waals surface area contributed by atoms with Crippen LogP contribution in [0.4, 0.5) is 0 Å². The number of Topliss-reactive ketones (excluding diaryl/α,β-unsaturated/α-hetero) is 1. The van der Waals surface area contributed by atoms with E-state index in [2.05, 4.69) is 9.97 Å². The lowest BCUT2D eigenvalue weighted by Crippen LogP contribution is -2.09. The minimum atomic E-state index is -0.165. The minimum absolute atomic E-state index is 0.165. The Morgan fingerprint density at radius 1 is 1.31 bits per heavy atom. The highest BCUT2D eigenvalue weighted by Crippen LogP contribution is 2.17. The van der Waals surface area contributed by atoms with Crippen molar-refractivity contribution in [2.75, 3.05) is 0 Å². The van der Waals surface area contributed by atoms with Gasteiger partial charge < -0.3 is 0 Å². The number of hydrogen-bond donors (Lipinski definition) is 0. The quantitative estimate of drug-likeness (QED) is 0.789. The molecule has 2 rings (SSSR count). The average Bonchev–Trinajstić information content (AvgIpc) is 2.36. The fourth-order valence-electron chi connectivity index (χ4n) is 1.65. The van der Waals surface area contributed by atoms with Gasteiger partial charge in [-0.3, -0.25) is 9.78 Å². The van der Waals surface area contributed by atoms with Gasteiger partial charge in [0.05, 0.1) is 22.6 Å². The minimum Gasteiger partial charge on any atom is -0.299 e. The number of ketones is 1. The van der Waals surface area contributed by atoms with E-state index >= 15 is 0 Å². The van der Waals surface area contributed by atoms with Gasteiger partial charge in [-0.2, -0.15) is 0 Å². The topological polar surface area (TPSA) is 42.9 Å². The largest absolute Gasteiger partial charge is 0.299 e. The van der Waals surface area contributed by atoms with Gasteiger partial charge in [-0.15, -0.1) is 0 Å². The van der Waals surface area contributed by atoms with Gasteiger partial charge in [0.25, 0.3) is 0 Å².